The van der Waals surface area contributed by atoms with Gasteiger partial charge in [-0.3, -0.25) is 9.63 Å². The first-order valence-corrected chi connectivity index (χ1v) is 10.8. The molecule has 9 heteroatoms. The number of benzene rings is 3. The van der Waals surface area contributed by atoms with Crippen LogP contribution in [-0.4, -0.2) is 29.0 Å². The Morgan fingerprint density at radius 1 is 1.06 bits per heavy atom. The van der Waals surface area contributed by atoms with Crippen LogP contribution in [0, 0.1) is 0 Å². The maximum atomic E-state index is 12.8. The van der Waals surface area contributed by atoms with Gasteiger partial charge in [-0.15, -0.1) is 0 Å². The van der Waals surface area contributed by atoms with Crippen LogP contribution in [0.2, 0.25) is 10.0 Å². The molecule has 33 heavy (non-hydrogen) atoms. The zero-order valence-corrected chi connectivity index (χ0v) is 18.7. The third-order valence-electron chi connectivity index (χ3n) is 5.69. The molecule has 4 N–H and O–H groups in total. The first-order valence-electron chi connectivity index (χ1n) is 10.0. The first-order chi connectivity index (χ1) is 15.9. The zero-order valence-electron chi connectivity index (χ0n) is 17.2. The summed E-state index contributed by atoms with van der Waals surface area (Å²) in [5, 5.41) is 22.7. The Bertz CT molecular complexity index is 1220. The van der Waals surface area contributed by atoms with Gasteiger partial charge < -0.3 is 20.3 Å². The molecule has 7 nitrogen and oxygen atoms in total. The summed E-state index contributed by atoms with van der Waals surface area (Å²) in [5.74, 6) is -0.815. The molecule has 1 heterocycles. The summed E-state index contributed by atoms with van der Waals surface area (Å²) < 4.78 is 0. The maximum Gasteiger partial charge on any atom is 0.252 e. The van der Waals surface area contributed by atoms with Crippen molar-refractivity contribution >= 4 is 35.4 Å². The minimum absolute atomic E-state index is 0.0154. The third kappa shape index (κ3) is 4.41. The molecule has 1 aliphatic heterocycles. The minimum Gasteiger partial charge on any atom is -0.504 e. The highest BCUT2D eigenvalue weighted by Crippen LogP contribution is 2.43. The van der Waals surface area contributed by atoms with Crippen LogP contribution in [0.15, 0.2) is 60.7 Å². The predicted molar refractivity (Wildman–Crippen MR) is 123 cm³/mol. The number of phenolic OH excluding ortho intramolecular Hbond substituents is 2. The highest BCUT2D eigenvalue weighted by Gasteiger charge is 2.48. The van der Waals surface area contributed by atoms with Crippen molar-refractivity contribution in [1.82, 2.24) is 10.8 Å². The summed E-state index contributed by atoms with van der Waals surface area (Å²) in [5.41, 5.74) is 3.66. The molecule has 3 aromatic rings. The van der Waals surface area contributed by atoms with E-state index in [0.29, 0.717) is 32.3 Å². The summed E-state index contributed by atoms with van der Waals surface area (Å²) in [6, 6.07) is 15.3. The van der Waals surface area contributed by atoms with Crippen molar-refractivity contribution in [2.24, 2.45) is 0 Å². The summed E-state index contributed by atoms with van der Waals surface area (Å²) >= 11 is 12.5. The van der Waals surface area contributed by atoms with Gasteiger partial charge in [0.2, 0.25) is 0 Å². The van der Waals surface area contributed by atoms with Gasteiger partial charge in [-0.1, -0.05) is 53.5 Å². The van der Waals surface area contributed by atoms with Crippen LogP contribution < -0.4 is 10.8 Å². The van der Waals surface area contributed by atoms with Crippen LogP contribution in [0.25, 0.3) is 0 Å². The van der Waals surface area contributed by atoms with Gasteiger partial charge in [0, 0.05) is 22.2 Å². The molecule has 0 bridgehead atoms. The van der Waals surface area contributed by atoms with Crippen LogP contribution in [-0.2, 0) is 21.7 Å². The number of aromatic hydroxyl groups is 2. The topological polar surface area (TPSA) is 108 Å². The smallest absolute Gasteiger partial charge is 0.252 e. The summed E-state index contributed by atoms with van der Waals surface area (Å²) in [6.07, 6.45) is 0.781. The molecule has 0 aromatic heterocycles. The van der Waals surface area contributed by atoms with Gasteiger partial charge in [-0.25, -0.2) is 5.48 Å². The van der Waals surface area contributed by atoms with Gasteiger partial charge in [-0.2, -0.15) is 0 Å². The van der Waals surface area contributed by atoms with Gasteiger partial charge in [0.05, 0.1) is 18.1 Å². The summed E-state index contributed by atoms with van der Waals surface area (Å²) in [6.45, 7) is 0.0740. The van der Waals surface area contributed by atoms with E-state index in [2.05, 4.69) is 10.8 Å². The highest BCUT2D eigenvalue weighted by molar-refractivity contribution is 6.35. The molecule has 0 aliphatic carbocycles. The van der Waals surface area contributed by atoms with Gasteiger partial charge in [0.15, 0.2) is 11.5 Å². The SMILES string of the molecule is O=CC1(CNOCc2ccc(O)c(O)c2)c2ccccc2C(=O)N[C@H]1c1ccc(Cl)cc1Cl. The molecule has 1 amide bonds. The Balaban J connectivity index is 1.66. The Labute approximate surface area is 199 Å². The molecule has 2 atom stereocenters. The summed E-state index contributed by atoms with van der Waals surface area (Å²) in [4.78, 5) is 31.1. The maximum absolute atomic E-state index is 12.8. The lowest BCUT2D eigenvalue weighted by molar-refractivity contribution is -0.115. The molecule has 0 fully saturated rings. The van der Waals surface area contributed by atoms with E-state index in [1.54, 1.807) is 48.5 Å². The monoisotopic (exact) mass is 486 g/mol. The second kappa shape index (κ2) is 9.41. The lowest BCUT2D eigenvalue weighted by Crippen LogP contribution is -2.55. The Kier molecular flexibility index (Phi) is 6.58. The number of phenols is 2. The van der Waals surface area contributed by atoms with Gasteiger partial charge in [0.1, 0.15) is 6.29 Å². The van der Waals surface area contributed by atoms with E-state index in [1.165, 1.54) is 12.1 Å². The van der Waals surface area contributed by atoms with Crippen molar-refractivity contribution in [1.29, 1.82) is 0 Å². The minimum atomic E-state index is -1.24. The van der Waals surface area contributed by atoms with E-state index in [9.17, 15) is 19.8 Å². The van der Waals surface area contributed by atoms with Gasteiger partial charge in [0.25, 0.3) is 5.91 Å². The molecule has 0 spiro atoms. The zero-order chi connectivity index (χ0) is 23.6. The molecule has 0 saturated heterocycles. The third-order valence-corrected chi connectivity index (χ3v) is 6.26. The van der Waals surface area contributed by atoms with Gasteiger partial charge >= 0.3 is 0 Å². The molecule has 170 valence electrons. The van der Waals surface area contributed by atoms with Gasteiger partial charge in [-0.05, 0) is 47.0 Å². The molecule has 0 saturated carbocycles. The van der Waals surface area contributed by atoms with E-state index in [0.717, 1.165) is 6.29 Å². The number of hydrogen-bond donors (Lipinski definition) is 4. The van der Waals surface area contributed by atoms with Crippen molar-refractivity contribution in [2.75, 3.05) is 6.54 Å². The fourth-order valence-corrected chi connectivity index (χ4v) is 4.52. The van der Waals surface area contributed by atoms with Crippen LogP contribution in [0.5, 0.6) is 11.5 Å². The van der Waals surface area contributed by atoms with Crippen molar-refractivity contribution in [3.8, 4) is 11.5 Å². The predicted octanol–water partition coefficient (Wildman–Crippen LogP) is 4.05. The van der Waals surface area contributed by atoms with Crippen LogP contribution in [0.4, 0.5) is 0 Å². The van der Waals surface area contributed by atoms with E-state index >= 15 is 0 Å². The van der Waals surface area contributed by atoms with Crippen molar-refractivity contribution < 1.29 is 24.6 Å². The lowest BCUT2D eigenvalue weighted by Gasteiger charge is -2.42. The van der Waals surface area contributed by atoms with Crippen LogP contribution in [0.1, 0.15) is 33.1 Å². The molecule has 3 aromatic carbocycles. The highest BCUT2D eigenvalue weighted by atomic mass is 35.5. The Hall–Kier alpha value is -3.10. The number of rotatable bonds is 7. The number of amides is 1. The molecular formula is C24H20Cl2N2O5. The molecule has 4 rings (SSSR count). The lowest BCUT2D eigenvalue weighted by atomic mass is 9.68. The van der Waals surface area contributed by atoms with E-state index in [1.807, 2.05) is 0 Å². The number of halogens is 2. The number of nitrogens with one attached hydrogen (secondary N) is 2. The van der Waals surface area contributed by atoms with Crippen molar-refractivity contribution in [3.63, 3.8) is 0 Å². The Morgan fingerprint density at radius 3 is 2.58 bits per heavy atom. The second-order valence-corrected chi connectivity index (χ2v) is 8.55. The second-order valence-electron chi connectivity index (χ2n) is 7.71. The number of fused-ring (bicyclic) bond motifs is 1. The standard InChI is InChI=1S/C24H20Cl2N2O5/c25-15-6-7-17(19(26)10-15)22-24(13-29,18-4-2-1-3-16(18)23(32)28-22)12-27-33-11-14-5-8-20(30)21(31)9-14/h1-10,13,22,27,30-31H,11-12H2,(H,28,32)/t22-,24?/m0/s1. The molecule has 1 aliphatic rings. The number of carbonyl (C=O) groups is 2. The van der Waals surface area contributed by atoms with E-state index in [4.69, 9.17) is 28.0 Å². The Morgan fingerprint density at radius 2 is 1.85 bits per heavy atom. The van der Waals surface area contributed by atoms with Crippen molar-refractivity contribution in [3.05, 3.63) is 93.0 Å². The number of hydrogen-bond acceptors (Lipinski definition) is 6. The normalized spacial score (nSPS) is 19.6. The van der Waals surface area contributed by atoms with E-state index < -0.39 is 11.5 Å². The molecule has 1 unspecified atom stereocenters. The number of carbonyl (C=O) groups excluding carboxylic acids is 2. The molecule has 0 radical (unpaired) electrons. The fraction of sp³-hybridized carbons (Fsp3) is 0.167. The quantitative estimate of drug-likeness (QED) is 0.173. The average Bonchev–Trinajstić information content (AvgIpc) is 2.80. The fourth-order valence-electron chi connectivity index (χ4n) is 4.01. The first kappa shape index (κ1) is 23.1. The van der Waals surface area contributed by atoms with E-state index in [-0.39, 0.29) is 30.6 Å². The van der Waals surface area contributed by atoms with Crippen LogP contribution in [0.3, 0.4) is 0 Å². The number of aldehydes is 1. The summed E-state index contributed by atoms with van der Waals surface area (Å²) in [7, 11) is 0. The molecular weight excluding hydrogens is 467 g/mol. The average molecular weight is 487 g/mol. The van der Waals surface area contributed by atoms with Crippen LogP contribution >= 0.6 is 23.2 Å². The largest absolute Gasteiger partial charge is 0.504 e. The number of hydroxylamine groups is 1. The van der Waals surface area contributed by atoms with Crippen molar-refractivity contribution in [2.45, 2.75) is 18.1 Å².